The van der Waals surface area contributed by atoms with Crippen LogP contribution in [0.3, 0.4) is 0 Å². The molecule has 2 heterocycles. The van der Waals surface area contributed by atoms with Crippen LogP contribution in [0.1, 0.15) is 37.7 Å². The third-order valence-electron chi connectivity index (χ3n) is 5.65. The smallest absolute Gasteiger partial charge is 0.318 e. The van der Waals surface area contributed by atoms with Gasteiger partial charge in [-0.2, -0.15) is 0 Å². The van der Waals surface area contributed by atoms with E-state index in [1.54, 1.807) is 18.4 Å². The van der Waals surface area contributed by atoms with Gasteiger partial charge >= 0.3 is 6.03 Å². The zero-order valence-corrected chi connectivity index (χ0v) is 21.9. The van der Waals surface area contributed by atoms with Gasteiger partial charge in [0.2, 0.25) is 11.9 Å². The zero-order valence-electron chi connectivity index (χ0n) is 21.9. The Balaban J connectivity index is 1.60. The van der Waals surface area contributed by atoms with Crippen LogP contribution in [-0.4, -0.2) is 38.5 Å². The van der Waals surface area contributed by atoms with Crippen molar-refractivity contribution in [3.63, 3.8) is 0 Å². The molecule has 0 aliphatic rings. The molecule has 0 fully saturated rings. The van der Waals surface area contributed by atoms with Gasteiger partial charge in [-0.15, -0.1) is 0 Å². The highest BCUT2D eigenvalue weighted by Crippen LogP contribution is 2.25. The maximum atomic E-state index is 13.2. The molecule has 8 nitrogen and oxygen atoms in total. The van der Waals surface area contributed by atoms with E-state index >= 15 is 0 Å². The quantitative estimate of drug-likeness (QED) is 0.341. The molecule has 2 aromatic heterocycles. The molecule has 0 aliphatic carbocycles. The number of urea groups is 1. The van der Waals surface area contributed by atoms with Crippen LogP contribution in [0, 0.1) is 13.8 Å². The molecule has 0 radical (unpaired) electrons. The second kappa shape index (κ2) is 10.7. The van der Waals surface area contributed by atoms with Crippen LogP contribution in [0.2, 0.25) is 0 Å². The van der Waals surface area contributed by atoms with E-state index in [1.165, 1.54) is 4.90 Å². The number of hydrogen-bond acceptors (Lipinski definition) is 4. The molecule has 0 bridgehead atoms. The first-order chi connectivity index (χ1) is 17.6. The van der Waals surface area contributed by atoms with Crippen molar-refractivity contribution in [2.24, 2.45) is 0 Å². The molecule has 0 spiro atoms. The highest BCUT2D eigenvalue weighted by Gasteiger charge is 2.24. The van der Waals surface area contributed by atoms with Crippen LogP contribution in [0.5, 0.6) is 0 Å². The molecule has 8 heteroatoms. The summed E-state index contributed by atoms with van der Waals surface area (Å²) in [7, 11) is 0. The summed E-state index contributed by atoms with van der Waals surface area (Å²) in [4.78, 5) is 32.4. The fraction of sp³-hybridized carbons (Fsp3) is 0.276. The van der Waals surface area contributed by atoms with Gasteiger partial charge in [0.05, 0.1) is 18.5 Å². The minimum atomic E-state index is -0.459. The lowest BCUT2D eigenvalue weighted by Gasteiger charge is -2.27. The van der Waals surface area contributed by atoms with Crippen molar-refractivity contribution in [3.05, 3.63) is 90.0 Å². The van der Waals surface area contributed by atoms with E-state index in [4.69, 9.17) is 9.40 Å². The largest absolute Gasteiger partial charge is 0.467 e. The molecular weight excluding hydrogens is 466 g/mol. The lowest BCUT2D eigenvalue weighted by molar-refractivity contribution is -0.117. The lowest BCUT2D eigenvalue weighted by Crippen LogP contribution is -2.50. The summed E-state index contributed by atoms with van der Waals surface area (Å²) in [6.07, 6.45) is 3.44. The van der Waals surface area contributed by atoms with E-state index in [9.17, 15) is 9.59 Å². The molecule has 2 aromatic carbocycles. The summed E-state index contributed by atoms with van der Waals surface area (Å²) in [5.74, 6) is 0.586. The standard InChI is InChI=1S/C29H33N5O3/c1-20-8-12-22(13-9-20)25-18-34(23-14-10-21(2)11-15-23)27(30-25)31-26(35)19-33(17-24-7-6-16-37-24)28(36)32-29(3,4)5/h6-16,18H,17,19H2,1-5H3,(H,32,36)(H,30,31,35). The normalized spacial score (nSPS) is 11.3. The van der Waals surface area contributed by atoms with Crippen LogP contribution in [0.4, 0.5) is 10.7 Å². The maximum absolute atomic E-state index is 13.2. The number of imidazole rings is 1. The number of carbonyl (C=O) groups is 2. The van der Waals surface area contributed by atoms with Crippen LogP contribution >= 0.6 is 0 Å². The van der Waals surface area contributed by atoms with Crippen LogP contribution < -0.4 is 10.6 Å². The Hall–Kier alpha value is -4.33. The van der Waals surface area contributed by atoms with Crippen molar-refractivity contribution in [3.8, 4) is 16.9 Å². The monoisotopic (exact) mass is 499 g/mol. The summed E-state index contributed by atoms with van der Waals surface area (Å²) in [5, 5.41) is 5.83. The summed E-state index contributed by atoms with van der Waals surface area (Å²) in [5.41, 5.74) is 4.36. The second-order valence-corrected chi connectivity index (χ2v) is 10.2. The van der Waals surface area contributed by atoms with Crippen LogP contribution in [0.15, 0.2) is 77.5 Å². The first kappa shape index (κ1) is 25.8. The molecule has 0 atom stereocenters. The molecule has 2 N–H and O–H groups in total. The number of amides is 3. The molecule has 192 valence electrons. The first-order valence-corrected chi connectivity index (χ1v) is 12.2. The number of aromatic nitrogens is 2. The number of carbonyl (C=O) groups excluding carboxylic acids is 2. The van der Waals surface area contributed by atoms with Gasteiger partial charge in [0.15, 0.2) is 0 Å². The van der Waals surface area contributed by atoms with E-state index in [-0.39, 0.29) is 25.0 Å². The van der Waals surface area contributed by atoms with Gasteiger partial charge in [0.25, 0.3) is 0 Å². The number of nitrogens with zero attached hydrogens (tertiary/aromatic N) is 3. The van der Waals surface area contributed by atoms with Gasteiger partial charge in [0.1, 0.15) is 12.3 Å². The molecule has 4 aromatic rings. The fourth-order valence-electron chi connectivity index (χ4n) is 3.76. The lowest BCUT2D eigenvalue weighted by atomic mass is 10.1. The van der Waals surface area contributed by atoms with Crippen molar-refractivity contribution in [2.75, 3.05) is 11.9 Å². The third-order valence-corrected chi connectivity index (χ3v) is 5.65. The Kier molecular flexibility index (Phi) is 7.47. The summed E-state index contributed by atoms with van der Waals surface area (Å²) < 4.78 is 7.27. The van der Waals surface area contributed by atoms with Gasteiger partial charge in [-0.25, -0.2) is 9.78 Å². The number of rotatable bonds is 7. The van der Waals surface area contributed by atoms with Crippen molar-refractivity contribution in [1.29, 1.82) is 0 Å². The Morgan fingerprint density at radius 1 is 0.973 bits per heavy atom. The SMILES string of the molecule is Cc1ccc(-c2cn(-c3ccc(C)cc3)c(NC(=O)CN(Cc3ccco3)C(=O)NC(C)(C)C)n2)cc1. The minimum Gasteiger partial charge on any atom is -0.467 e. The van der Waals surface area contributed by atoms with E-state index in [0.29, 0.717) is 11.7 Å². The van der Waals surface area contributed by atoms with E-state index < -0.39 is 5.54 Å². The second-order valence-electron chi connectivity index (χ2n) is 10.2. The number of aryl methyl sites for hydroxylation is 2. The zero-order chi connectivity index (χ0) is 26.6. The van der Waals surface area contributed by atoms with E-state index in [1.807, 2.05) is 93.9 Å². The van der Waals surface area contributed by atoms with E-state index in [0.717, 1.165) is 28.1 Å². The highest BCUT2D eigenvalue weighted by atomic mass is 16.3. The highest BCUT2D eigenvalue weighted by molar-refractivity contribution is 5.93. The first-order valence-electron chi connectivity index (χ1n) is 12.2. The Morgan fingerprint density at radius 3 is 2.22 bits per heavy atom. The van der Waals surface area contributed by atoms with Gasteiger partial charge in [-0.05, 0) is 58.9 Å². The van der Waals surface area contributed by atoms with Gasteiger partial charge in [0, 0.05) is 23.0 Å². The van der Waals surface area contributed by atoms with Gasteiger partial charge in [-0.3, -0.25) is 14.7 Å². The van der Waals surface area contributed by atoms with Crippen molar-refractivity contribution >= 4 is 17.9 Å². The molecular formula is C29H33N5O3. The number of nitrogens with one attached hydrogen (secondary N) is 2. The Morgan fingerprint density at radius 2 is 1.62 bits per heavy atom. The molecule has 0 saturated heterocycles. The molecule has 0 aliphatic heterocycles. The predicted molar refractivity (Wildman–Crippen MR) is 145 cm³/mol. The summed E-state index contributed by atoms with van der Waals surface area (Å²) in [6.45, 7) is 9.70. The Bertz CT molecular complexity index is 1350. The average molecular weight is 500 g/mol. The molecule has 37 heavy (non-hydrogen) atoms. The van der Waals surface area contributed by atoms with Crippen molar-refractivity contribution in [1.82, 2.24) is 19.8 Å². The topological polar surface area (TPSA) is 92.4 Å². The fourth-order valence-corrected chi connectivity index (χ4v) is 3.76. The molecule has 3 amide bonds. The third kappa shape index (κ3) is 6.88. The number of anilines is 1. The number of hydrogen-bond donors (Lipinski definition) is 2. The van der Waals surface area contributed by atoms with Crippen LogP contribution in [0.25, 0.3) is 16.9 Å². The summed E-state index contributed by atoms with van der Waals surface area (Å²) >= 11 is 0. The van der Waals surface area contributed by atoms with Crippen molar-refractivity contribution < 1.29 is 14.0 Å². The minimum absolute atomic E-state index is 0.156. The predicted octanol–water partition coefficient (Wildman–Crippen LogP) is 5.70. The average Bonchev–Trinajstić information content (AvgIpc) is 3.49. The maximum Gasteiger partial charge on any atom is 0.318 e. The Labute approximate surface area is 217 Å². The number of furan rings is 1. The summed E-state index contributed by atoms with van der Waals surface area (Å²) in [6, 6.07) is 19.2. The molecule has 0 saturated carbocycles. The van der Waals surface area contributed by atoms with Gasteiger partial charge < -0.3 is 14.6 Å². The van der Waals surface area contributed by atoms with Gasteiger partial charge in [-0.1, -0.05) is 47.5 Å². The number of benzene rings is 2. The molecule has 4 rings (SSSR count). The van der Waals surface area contributed by atoms with Crippen LogP contribution in [-0.2, 0) is 11.3 Å². The van der Waals surface area contributed by atoms with Crippen molar-refractivity contribution in [2.45, 2.75) is 46.7 Å². The molecule has 0 unspecified atom stereocenters. The van der Waals surface area contributed by atoms with E-state index in [2.05, 4.69) is 10.6 Å².